The maximum Gasteiger partial charge on any atom is 0.254 e. The Balaban J connectivity index is 1.70. The number of aryl methyl sites for hydroxylation is 2. The number of hydrogen-bond acceptors (Lipinski definition) is 3. The highest BCUT2D eigenvalue weighted by atomic mass is 32.2. The number of nitrogens with zero attached hydrogens (tertiary/aromatic N) is 2. The fraction of sp³-hybridized carbons (Fsp3) is 0.316. The van der Waals surface area contributed by atoms with Crippen molar-refractivity contribution in [3.63, 3.8) is 0 Å². The molecule has 0 bridgehead atoms. The Morgan fingerprint density at radius 1 is 0.962 bits per heavy atom. The summed E-state index contributed by atoms with van der Waals surface area (Å²) in [6.45, 7) is 4.96. The predicted octanol–water partition coefficient (Wildman–Crippen LogP) is 2.59. The van der Waals surface area contributed by atoms with Gasteiger partial charge in [-0.1, -0.05) is 17.7 Å². The molecule has 0 radical (unpaired) electrons. The summed E-state index contributed by atoms with van der Waals surface area (Å²) in [5, 5.41) is 0. The number of carbonyl (C=O) groups is 1. The molecule has 1 aliphatic rings. The molecule has 0 spiro atoms. The summed E-state index contributed by atoms with van der Waals surface area (Å²) in [6, 6.07) is 10.5. The third kappa shape index (κ3) is 3.64. The maximum atomic E-state index is 13.0. The fourth-order valence-electron chi connectivity index (χ4n) is 3.11. The molecule has 0 N–H and O–H groups in total. The van der Waals surface area contributed by atoms with Crippen LogP contribution in [-0.2, 0) is 10.0 Å². The van der Waals surface area contributed by atoms with Crippen LogP contribution in [0.15, 0.2) is 47.4 Å². The molecule has 1 fully saturated rings. The van der Waals surface area contributed by atoms with Gasteiger partial charge < -0.3 is 4.90 Å². The van der Waals surface area contributed by atoms with Gasteiger partial charge in [0.15, 0.2) is 0 Å². The highest BCUT2D eigenvalue weighted by molar-refractivity contribution is 7.89. The molecule has 0 aromatic heterocycles. The van der Waals surface area contributed by atoms with E-state index in [-0.39, 0.29) is 23.9 Å². The van der Waals surface area contributed by atoms with Crippen LogP contribution in [-0.4, -0.2) is 49.7 Å². The predicted molar refractivity (Wildman–Crippen MR) is 97.0 cm³/mol. The summed E-state index contributed by atoms with van der Waals surface area (Å²) in [5.41, 5.74) is 2.65. The van der Waals surface area contributed by atoms with Gasteiger partial charge in [0.1, 0.15) is 5.82 Å². The maximum absolute atomic E-state index is 13.0. The van der Waals surface area contributed by atoms with Crippen molar-refractivity contribution in [1.29, 1.82) is 0 Å². The number of halogens is 1. The summed E-state index contributed by atoms with van der Waals surface area (Å²) >= 11 is 0. The van der Waals surface area contributed by atoms with Crippen molar-refractivity contribution in [2.24, 2.45) is 0 Å². The van der Waals surface area contributed by atoms with E-state index >= 15 is 0 Å². The topological polar surface area (TPSA) is 57.7 Å². The van der Waals surface area contributed by atoms with E-state index in [0.29, 0.717) is 18.7 Å². The molecule has 138 valence electrons. The molecule has 2 aromatic carbocycles. The first kappa shape index (κ1) is 18.5. The van der Waals surface area contributed by atoms with Crippen molar-refractivity contribution in [2.75, 3.05) is 26.2 Å². The van der Waals surface area contributed by atoms with Crippen molar-refractivity contribution in [3.8, 4) is 0 Å². The van der Waals surface area contributed by atoms with Crippen LogP contribution in [0.4, 0.5) is 4.39 Å². The highest BCUT2D eigenvalue weighted by Gasteiger charge is 2.30. The average Bonchev–Trinajstić information content (AvgIpc) is 2.62. The molecular weight excluding hydrogens is 355 g/mol. The molecule has 1 aliphatic heterocycles. The Morgan fingerprint density at radius 2 is 1.58 bits per heavy atom. The molecular formula is C19H21FN2O3S. The van der Waals surface area contributed by atoms with Crippen molar-refractivity contribution >= 4 is 15.9 Å². The van der Waals surface area contributed by atoms with Gasteiger partial charge in [-0.05, 0) is 49.7 Å². The smallest absolute Gasteiger partial charge is 0.254 e. The van der Waals surface area contributed by atoms with Gasteiger partial charge >= 0.3 is 0 Å². The molecule has 1 amide bonds. The number of carbonyl (C=O) groups excluding carboxylic acids is 1. The first-order valence-corrected chi connectivity index (χ1v) is 9.85. The van der Waals surface area contributed by atoms with Crippen LogP contribution in [0, 0.1) is 19.7 Å². The molecule has 0 unspecified atom stereocenters. The van der Waals surface area contributed by atoms with Gasteiger partial charge in [-0.3, -0.25) is 4.79 Å². The highest BCUT2D eigenvalue weighted by Crippen LogP contribution is 2.20. The van der Waals surface area contributed by atoms with Crippen LogP contribution < -0.4 is 0 Å². The summed E-state index contributed by atoms with van der Waals surface area (Å²) in [7, 11) is -3.68. The van der Waals surface area contributed by atoms with Crippen LogP contribution in [0.5, 0.6) is 0 Å². The average molecular weight is 376 g/mol. The molecule has 2 aromatic rings. The molecule has 0 aliphatic carbocycles. The van der Waals surface area contributed by atoms with Gasteiger partial charge in [0.05, 0.1) is 4.90 Å². The molecule has 5 nitrogen and oxygen atoms in total. The van der Waals surface area contributed by atoms with Crippen LogP contribution in [0.3, 0.4) is 0 Å². The normalized spacial score (nSPS) is 15.9. The quantitative estimate of drug-likeness (QED) is 0.827. The number of amides is 1. The number of sulfonamides is 1. The lowest BCUT2D eigenvalue weighted by Gasteiger charge is -2.34. The Bertz CT molecular complexity index is 918. The third-order valence-corrected chi connectivity index (χ3v) is 6.50. The SMILES string of the molecule is Cc1ccc(C(=O)N2CCN(S(=O)(=O)c3ccc(F)cc3)CC2)c(C)c1. The Morgan fingerprint density at radius 3 is 2.15 bits per heavy atom. The molecule has 26 heavy (non-hydrogen) atoms. The van der Waals surface area contributed by atoms with Crippen LogP contribution in [0.1, 0.15) is 21.5 Å². The monoisotopic (exact) mass is 376 g/mol. The summed E-state index contributed by atoms with van der Waals surface area (Å²) in [5.74, 6) is -0.561. The fourth-order valence-corrected chi connectivity index (χ4v) is 4.53. The second kappa shape index (κ2) is 7.17. The van der Waals surface area contributed by atoms with Gasteiger partial charge in [0, 0.05) is 31.7 Å². The van der Waals surface area contributed by atoms with E-state index in [2.05, 4.69) is 0 Å². The van der Waals surface area contributed by atoms with E-state index in [0.717, 1.165) is 23.3 Å². The first-order valence-electron chi connectivity index (χ1n) is 8.41. The van der Waals surface area contributed by atoms with Gasteiger partial charge in [-0.15, -0.1) is 0 Å². The van der Waals surface area contributed by atoms with Crippen LogP contribution >= 0.6 is 0 Å². The number of hydrogen-bond donors (Lipinski definition) is 0. The summed E-state index contributed by atoms with van der Waals surface area (Å²) in [6.07, 6.45) is 0. The van der Waals surface area contributed by atoms with Crippen molar-refractivity contribution in [3.05, 3.63) is 65.0 Å². The van der Waals surface area contributed by atoms with E-state index in [4.69, 9.17) is 0 Å². The molecule has 1 heterocycles. The lowest BCUT2D eigenvalue weighted by atomic mass is 10.0. The minimum atomic E-state index is -3.68. The zero-order chi connectivity index (χ0) is 18.9. The largest absolute Gasteiger partial charge is 0.336 e. The third-order valence-electron chi connectivity index (χ3n) is 4.59. The summed E-state index contributed by atoms with van der Waals surface area (Å²) < 4.78 is 39.6. The standard InChI is InChI=1S/C19H21FN2O3S/c1-14-3-8-18(15(2)13-14)19(23)21-9-11-22(12-10-21)26(24,25)17-6-4-16(20)5-7-17/h3-8,13H,9-12H2,1-2H3. The minimum absolute atomic E-state index is 0.0630. The van der Waals surface area contributed by atoms with Gasteiger partial charge in [0.2, 0.25) is 10.0 Å². The van der Waals surface area contributed by atoms with Gasteiger partial charge in [-0.2, -0.15) is 4.31 Å². The van der Waals surface area contributed by atoms with Crippen molar-refractivity contribution in [2.45, 2.75) is 18.7 Å². The van der Waals surface area contributed by atoms with Crippen molar-refractivity contribution in [1.82, 2.24) is 9.21 Å². The lowest BCUT2D eigenvalue weighted by molar-refractivity contribution is 0.0697. The second-order valence-electron chi connectivity index (χ2n) is 6.47. The van der Waals surface area contributed by atoms with Gasteiger partial charge in [0.25, 0.3) is 5.91 Å². The molecule has 7 heteroatoms. The molecule has 1 saturated heterocycles. The molecule has 0 atom stereocenters. The number of piperazine rings is 1. The van der Waals surface area contributed by atoms with E-state index in [9.17, 15) is 17.6 Å². The number of rotatable bonds is 3. The van der Waals surface area contributed by atoms with E-state index in [1.165, 1.54) is 16.4 Å². The Kier molecular flexibility index (Phi) is 5.11. The summed E-state index contributed by atoms with van der Waals surface area (Å²) in [4.78, 5) is 14.4. The van der Waals surface area contributed by atoms with Crippen LogP contribution in [0.2, 0.25) is 0 Å². The van der Waals surface area contributed by atoms with E-state index < -0.39 is 15.8 Å². The molecule has 0 saturated carbocycles. The van der Waals surface area contributed by atoms with Crippen molar-refractivity contribution < 1.29 is 17.6 Å². The zero-order valence-electron chi connectivity index (χ0n) is 14.8. The van der Waals surface area contributed by atoms with E-state index in [1.54, 1.807) is 4.90 Å². The van der Waals surface area contributed by atoms with Gasteiger partial charge in [-0.25, -0.2) is 12.8 Å². The lowest BCUT2D eigenvalue weighted by Crippen LogP contribution is -2.50. The van der Waals surface area contributed by atoms with Crippen LogP contribution in [0.25, 0.3) is 0 Å². The molecule has 3 rings (SSSR count). The first-order chi connectivity index (χ1) is 12.3. The minimum Gasteiger partial charge on any atom is -0.336 e. The second-order valence-corrected chi connectivity index (χ2v) is 8.41. The Hall–Kier alpha value is -2.25. The number of benzene rings is 2. The zero-order valence-corrected chi connectivity index (χ0v) is 15.6. The van der Waals surface area contributed by atoms with E-state index in [1.807, 2.05) is 32.0 Å². The Labute approximate surface area is 153 Å².